The van der Waals surface area contributed by atoms with Crippen LogP contribution in [0.3, 0.4) is 0 Å². The van der Waals surface area contributed by atoms with Crippen LogP contribution < -0.4 is 10.6 Å². The molecular weight excluding hydrogens is 539 g/mol. The SMILES string of the molecule is COC[C@H](C)CC(NC(=O)CCCCO[C@@H]1O[C@H](CO)[C@H](O)[C@H](OC)[C@H]1NC(C)=O)[C@H](CO[PH](=O)OC)OC. The summed E-state index contributed by atoms with van der Waals surface area (Å²) in [5.74, 6) is -0.427. The summed E-state index contributed by atoms with van der Waals surface area (Å²) < 4.78 is 49.0. The molecule has 2 amide bonds. The van der Waals surface area contributed by atoms with Gasteiger partial charge in [0.15, 0.2) is 6.29 Å². The van der Waals surface area contributed by atoms with Crippen molar-refractivity contribution < 1.29 is 57.1 Å². The summed E-state index contributed by atoms with van der Waals surface area (Å²) in [5, 5.41) is 25.6. The van der Waals surface area contributed by atoms with E-state index >= 15 is 0 Å². The molecule has 15 heteroatoms. The number of rotatable bonds is 20. The summed E-state index contributed by atoms with van der Waals surface area (Å²) in [4.78, 5) is 24.4. The molecule has 0 aromatic heterocycles. The Bertz CT molecular complexity index is 733. The molecule has 9 atom stereocenters. The highest BCUT2D eigenvalue weighted by Gasteiger charge is 2.46. The summed E-state index contributed by atoms with van der Waals surface area (Å²) in [6, 6.07) is -1.19. The minimum absolute atomic E-state index is 0.0104. The molecule has 1 aliphatic rings. The fraction of sp³-hybridized carbons (Fsp3) is 0.917. The van der Waals surface area contributed by atoms with Crippen LogP contribution in [-0.4, -0.2) is 120 Å². The van der Waals surface area contributed by atoms with E-state index in [1.807, 2.05) is 6.92 Å². The first-order valence-electron chi connectivity index (χ1n) is 13.0. The van der Waals surface area contributed by atoms with Crippen LogP contribution >= 0.6 is 8.25 Å². The number of carbonyl (C=O) groups is 2. The molecule has 1 rings (SSSR count). The number of hydrogen-bond donors (Lipinski definition) is 4. The number of amides is 2. The normalized spacial score (nSPS) is 26.4. The minimum atomic E-state index is -2.64. The monoisotopic (exact) mass is 586 g/mol. The lowest BCUT2D eigenvalue weighted by atomic mass is 9.96. The van der Waals surface area contributed by atoms with Crippen molar-refractivity contribution in [2.45, 2.75) is 82.3 Å². The van der Waals surface area contributed by atoms with Crippen molar-refractivity contribution in [3.05, 3.63) is 0 Å². The standard InChI is InChI=1S/C24H47N2O12P/c1-15(13-32-3)11-17(19(33-4)14-37-39(31)35-6)26-20(29)9-7-8-10-36-24-21(25-16(2)28)23(34-5)22(30)18(12-27)38-24/h15,17-19,21-24,27,30,39H,7-14H2,1-6H3,(H,25,28)(H,26,29)/t15-,17?,18-,19+,21-,22+,23-,24-/m1/s1. The number of hydrogen-bond acceptors (Lipinski definition) is 12. The number of aliphatic hydroxyl groups excluding tert-OH is 2. The number of unbranched alkanes of at least 4 members (excludes halogenated alkanes) is 1. The van der Waals surface area contributed by atoms with Crippen molar-refractivity contribution in [1.29, 1.82) is 0 Å². The molecule has 2 unspecified atom stereocenters. The molecule has 0 aliphatic carbocycles. The van der Waals surface area contributed by atoms with Gasteiger partial charge in [-0.2, -0.15) is 0 Å². The topological polar surface area (TPSA) is 180 Å². The van der Waals surface area contributed by atoms with Crippen LogP contribution in [0.25, 0.3) is 0 Å². The van der Waals surface area contributed by atoms with Crippen LogP contribution in [0.2, 0.25) is 0 Å². The minimum Gasteiger partial charge on any atom is -0.394 e. The molecule has 0 spiro atoms. The number of aliphatic hydroxyl groups is 2. The molecule has 1 aliphatic heterocycles. The van der Waals surface area contributed by atoms with Crippen molar-refractivity contribution in [2.24, 2.45) is 5.92 Å². The molecule has 14 nitrogen and oxygen atoms in total. The Morgan fingerprint density at radius 2 is 1.85 bits per heavy atom. The average molecular weight is 587 g/mol. The first kappa shape index (κ1) is 35.8. The van der Waals surface area contributed by atoms with Gasteiger partial charge in [-0.05, 0) is 25.2 Å². The average Bonchev–Trinajstić information content (AvgIpc) is 2.89. The number of carbonyl (C=O) groups excluding carboxylic acids is 2. The molecule has 0 aromatic carbocycles. The molecule has 1 saturated heterocycles. The quantitative estimate of drug-likeness (QED) is 0.111. The first-order chi connectivity index (χ1) is 18.6. The second-order valence-electron chi connectivity index (χ2n) is 9.48. The Labute approximate surface area is 231 Å². The van der Waals surface area contributed by atoms with Gasteiger partial charge in [0.2, 0.25) is 11.8 Å². The van der Waals surface area contributed by atoms with Gasteiger partial charge in [-0.1, -0.05) is 6.92 Å². The third-order valence-corrected chi connectivity index (χ3v) is 7.05. The van der Waals surface area contributed by atoms with Gasteiger partial charge >= 0.3 is 8.25 Å². The highest BCUT2D eigenvalue weighted by molar-refractivity contribution is 7.33. The fourth-order valence-electron chi connectivity index (χ4n) is 4.39. The molecule has 230 valence electrons. The molecule has 4 N–H and O–H groups in total. The van der Waals surface area contributed by atoms with Gasteiger partial charge in [0, 0.05) is 55.0 Å². The largest absolute Gasteiger partial charge is 0.394 e. The second-order valence-corrected chi connectivity index (χ2v) is 10.7. The maximum Gasteiger partial charge on any atom is 0.318 e. The molecule has 1 fully saturated rings. The van der Waals surface area contributed by atoms with Crippen molar-refractivity contribution in [3.63, 3.8) is 0 Å². The van der Waals surface area contributed by atoms with E-state index in [9.17, 15) is 24.4 Å². The molecule has 1 heterocycles. The summed E-state index contributed by atoms with van der Waals surface area (Å²) in [5.41, 5.74) is 0. The number of ether oxygens (including phenoxy) is 5. The predicted molar refractivity (Wildman–Crippen MR) is 140 cm³/mol. The van der Waals surface area contributed by atoms with Gasteiger partial charge < -0.3 is 53.6 Å². The van der Waals surface area contributed by atoms with Crippen LogP contribution in [0.4, 0.5) is 0 Å². The Kier molecular flexibility index (Phi) is 18.2. The van der Waals surface area contributed by atoms with Crippen molar-refractivity contribution in [2.75, 3.05) is 54.9 Å². The van der Waals surface area contributed by atoms with Crippen LogP contribution in [0.5, 0.6) is 0 Å². The molecule has 0 aromatic rings. The van der Waals surface area contributed by atoms with E-state index in [0.29, 0.717) is 25.9 Å². The Morgan fingerprint density at radius 1 is 1.13 bits per heavy atom. The highest BCUT2D eigenvalue weighted by Crippen LogP contribution is 2.25. The van der Waals surface area contributed by atoms with Crippen LogP contribution in [0.15, 0.2) is 0 Å². The third-order valence-electron chi connectivity index (χ3n) is 6.31. The van der Waals surface area contributed by atoms with Gasteiger partial charge in [-0.3, -0.25) is 14.2 Å². The highest BCUT2D eigenvalue weighted by atomic mass is 31.1. The zero-order valence-electron chi connectivity index (χ0n) is 23.8. The van der Waals surface area contributed by atoms with E-state index in [1.165, 1.54) is 28.3 Å². The van der Waals surface area contributed by atoms with E-state index in [-0.39, 0.29) is 37.4 Å². The predicted octanol–water partition coefficient (Wildman–Crippen LogP) is -0.00380. The first-order valence-corrected chi connectivity index (χ1v) is 14.2. The van der Waals surface area contributed by atoms with E-state index in [1.54, 1.807) is 7.11 Å². The van der Waals surface area contributed by atoms with Crippen LogP contribution in [0, 0.1) is 5.92 Å². The summed E-state index contributed by atoms with van der Waals surface area (Å²) in [6.07, 6.45) is -2.67. The van der Waals surface area contributed by atoms with Gasteiger partial charge in [0.1, 0.15) is 30.5 Å². The smallest absolute Gasteiger partial charge is 0.318 e. The van der Waals surface area contributed by atoms with Crippen molar-refractivity contribution >= 4 is 20.1 Å². The fourth-order valence-corrected chi connectivity index (χ4v) is 4.81. The van der Waals surface area contributed by atoms with Crippen LogP contribution in [-0.2, 0) is 46.9 Å². The number of nitrogens with one attached hydrogen (secondary N) is 2. The van der Waals surface area contributed by atoms with Crippen molar-refractivity contribution in [1.82, 2.24) is 10.6 Å². The summed E-state index contributed by atoms with van der Waals surface area (Å²) >= 11 is 0. The maximum atomic E-state index is 12.7. The summed E-state index contributed by atoms with van der Waals surface area (Å²) in [6.45, 7) is 3.55. The lowest BCUT2D eigenvalue weighted by molar-refractivity contribution is -0.273. The van der Waals surface area contributed by atoms with Gasteiger partial charge in [0.25, 0.3) is 0 Å². The molecule has 39 heavy (non-hydrogen) atoms. The van der Waals surface area contributed by atoms with Gasteiger partial charge in [-0.15, -0.1) is 0 Å². The van der Waals surface area contributed by atoms with E-state index in [2.05, 4.69) is 15.2 Å². The molecule has 0 bridgehead atoms. The van der Waals surface area contributed by atoms with E-state index in [0.717, 1.165) is 0 Å². The van der Waals surface area contributed by atoms with Crippen LogP contribution in [0.1, 0.15) is 39.5 Å². The third kappa shape index (κ3) is 12.9. The zero-order valence-corrected chi connectivity index (χ0v) is 24.8. The van der Waals surface area contributed by atoms with E-state index < -0.39 is 57.7 Å². The van der Waals surface area contributed by atoms with E-state index in [4.69, 9.17) is 28.2 Å². The van der Waals surface area contributed by atoms with Crippen molar-refractivity contribution in [3.8, 4) is 0 Å². The molecule has 0 radical (unpaired) electrons. The molecule has 0 saturated carbocycles. The second kappa shape index (κ2) is 19.8. The lowest BCUT2D eigenvalue weighted by Gasteiger charge is -2.43. The Hall–Kier alpha value is -1.19. The molecular formula is C24H47N2O12P. The van der Waals surface area contributed by atoms with Gasteiger partial charge in [-0.25, -0.2) is 0 Å². The summed E-state index contributed by atoms with van der Waals surface area (Å²) in [7, 11) is 3.14. The maximum absolute atomic E-state index is 12.7. The van der Waals surface area contributed by atoms with Gasteiger partial charge in [0.05, 0.1) is 19.3 Å². The Balaban J connectivity index is 2.65. The zero-order chi connectivity index (χ0) is 29.4. The number of methoxy groups -OCH3 is 3. The Morgan fingerprint density at radius 3 is 2.41 bits per heavy atom. The lowest BCUT2D eigenvalue weighted by Crippen LogP contribution is -2.65.